The number of hydrogen-bond acceptors (Lipinski definition) is 3. The first kappa shape index (κ1) is 17.6. The topological polar surface area (TPSA) is 68.5 Å². The van der Waals surface area contributed by atoms with Crippen LogP contribution in [0.25, 0.3) is 10.9 Å². The van der Waals surface area contributed by atoms with Crippen molar-refractivity contribution in [3.8, 4) is 5.75 Å². The molecule has 0 fully saturated rings. The maximum atomic E-state index is 13.3. The zero-order valence-electron chi connectivity index (χ0n) is 14.7. The fourth-order valence-corrected chi connectivity index (χ4v) is 4.10. The largest absolute Gasteiger partial charge is 0.497 e. The molecule has 0 bridgehead atoms. The van der Waals surface area contributed by atoms with Crippen LogP contribution in [0.2, 0.25) is 5.02 Å². The van der Waals surface area contributed by atoms with Gasteiger partial charge in [-0.1, -0.05) is 11.6 Å². The van der Waals surface area contributed by atoms with Crippen LogP contribution in [0.5, 0.6) is 5.75 Å². The van der Waals surface area contributed by atoms with Gasteiger partial charge in [0, 0.05) is 27.6 Å². The van der Waals surface area contributed by atoms with Crippen LogP contribution in [0.3, 0.4) is 0 Å². The Labute approximate surface area is 161 Å². The standard InChI is InChI=1S/C21H18ClNO4/c1-27-15-7-9-18-17(11-15)16-8-4-13(10-19(24)25)20(16)23(18)21(26)12-2-5-14(22)6-3-12/h2-3,5-7,9,11,13H,4,8,10H2,1H3,(H,24,25). The van der Waals surface area contributed by atoms with Gasteiger partial charge >= 0.3 is 5.97 Å². The van der Waals surface area contributed by atoms with Crippen LogP contribution in [-0.2, 0) is 11.2 Å². The lowest BCUT2D eigenvalue weighted by Gasteiger charge is -2.14. The van der Waals surface area contributed by atoms with Gasteiger partial charge < -0.3 is 9.84 Å². The molecule has 0 saturated heterocycles. The van der Waals surface area contributed by atoms with E-state index in [4.69, 9.17) is 16.3 Å². The molecule has 0 spiro atoms. The van der Waals surface area contributed by atoms with Gasteiger partial charge in [0.15, 0.2) is 0 Å². The molecule has 2 aromatic carbocycles. The van der Waals surface area contributed by atoms with Gasteiger partial charge in [0.25, 0.3) is 5.91 Å². The summed E-state index contributed by atoms with van der Waals surface area (Å²) in [6.07, 6.45) is 1.48. The van der Waals surface area contributed by atoms with Gasteiger partial charge in [-0.15, -0.1) is 0 Å². The number of nitrogens with zero attached hydrogens (tertiary/aromatic N) is 1. The van der Waals surface area contributed by atoms with Crippen LogP contribution in [0.15, 0.2) is 42.5 Å². The number of carboxylic acids is 1. The zero-order chi connectivity index (χ0) is 19.1. The Morgan fingerprint density at radius 3 is 2.63 bits per heavy atom. The molecule has 0 amide bonds. The zero-order valence-corrected chi connectivity index (χ0v) is 15.5. The second-order valence-corrected chi connectivity index (χ2v) is 7.16. The van der Waals surface area contributed by atoms with E-state index in [2.05, 4.69) is 0 Å². The first-order valence-corrected chi connectivity index (χ1v) is 9.10. The number of carbonyl (C=O) groups is 2. The third-order valence-electron chi connectivity index (χ3n) is 5.16. The van der Waals surface area contributed by atoms with Gasteiger partial charge in [0.05, 0.1) is 19.0 Å². The van der Waals surface area contributed by atoms with Crippen molar-refractivity contribution in [1.82, 2.24) is 4.57 Å². The summed E-state index contributed by atoms with van der Waals surface area (Å²) in [6.45, 7) is 0. The minimum absolute atomic E-state index is 0.00829. The minimum atomic E-state index is -0.860. The van der Waals surface area contributed by atoms with Crippen molar-refractivity contribution in [2.75, 3.05) is 7.11 Å². The molecule has 0 radical (unpaired) electrons. The summed E-state index contributed by atoms with van der Waals surface area (Å²) in [5, 5.41) is 10.8. The monoisotopic (exact) mass is 383 g/mol. The van der Waals surface area contributed by atoms with Crippen LogP contribution >= 0.6 is 11.6 Å². The van der Waals surface area contributed by atoms with E-state index in [9.17, 15) is 14.7 Å². The highest BCUT2D eigenvalue weighted by Gasteiger charge is 2.33. The SMILES string of the molecule is COc1ccc2c(c1)c1c(n2C(=O)c2ccc(Cl)cc2)C(CC(=O)O)CC1. The summed E-state index contributed by atoms with van der Waals surface area (Å²) in [7, 11) is 1.60. The number of halogens is 1. The van der Waals surface area contributed by atoms with E-state index in [-0.39, 0.29) is 18.2 Å². The van der Waals surface area contributed by atoms with E-state index in [1.807, 2.05) is 18.2 Å². The number of fused-ring (bicyclic) bond motifs is 3. The number of aryl methyl sites for hydroxylation is 1. The number of carboxylic acid groups (broad SMARTS) is 1. The lowest BCUT2D eigenvalue weighted by atomic mass is 10.0. The number of ether oxygens (including phenoxy) is 1. The van der Waals surface area contributed by atoms with Crippen LogP contribution < -0.4 is 4.74 Å². The van der Waals surface area contributed by atoms with Crippen molar-refractivity contribution in [3.05, 3.63) is 64.3 Å². The Kier molecular flexibility index (Phi) is 4.40. The molecular weight excluding hydrogens is 366 g/mol. The minimum Gasteiger partial charge on any atom is -0.497 e. The van der Waals surface area contributed by atoms with Gasteiger partial charge in [-0.05, 0) is 60.9 Å². The van der Waals surface area contributed by atoms with E-state index in [0.717, 1.165) is 35.0 Å². The maximum absolute atomic E-state index is 13.3. The van der Waals surface area contributed by atoms with E-state index < -0.39 is 5.97 Å². The normalized spacial score (nSPS) is 15.7. The lowest BCUT2D eigenvalue weighted by Crippen LogP contribution is -2.17. The van der Waals surface area contributed by atoms with Gasteiger partial charge in [0.2, 0.25) is 0 Å². The second-order valence-electron chi connectivity index (χ2n) is 6.73. The summed E-state index contributed by atoms with van der Waals surface area (Å²) in [5.41, 5.74) is 3.13. The molecular formula is C21H18ClNO4. The Balaban J connectivity index is 1.94. The predicted molar refractivity (Wildman–Crippen MR) is 103 cm³/mol. The molecule has 1 heterocycles. The van der Waals surface area contributed by atoms with Crippen molar-refractivity contribution in [2.24, 2.45) is 0 Å². The molecule has 27 heavy (non-hydrogen) atoms. The highest BCUT2D eigenvalue weighted by Crippen LogP contribution is 2.43. The van der Waals surface area contributed by atoms with Crippen molar-refractivity contribution in [3.63, 3.8) is 0 Å². The number of carbonyl (C=O) groups excluding carboxylic acids is 1. The number of aromatic nitrogens is 1. The van der Waals surface area contributed by atoms with Crippen molar-refractivity contribution >= 4 is 34.4 Å². The fraction of sp³-hybridized carbons (Fsp3) is 0.238. The lowest BCUT2D eigenvalue weighted by molar-refractivity contribution is -0.137. The Hall–Kier alpha value is -2.79. The van der Waals surface area contributed by atoms with Crippen molar-refractivity contribution < 1.29 is 19.4 Å². The van der Waals surface area contributed by atoms with Crippen LogP contribution in [0.4, 0.5) is 0 Å². The van der Waals surface area contributed by atoms with E-state index in [1.54, 1.807) is 35.9 Å². The number of rotatable bonds is 4. The fourth-order valence-electron chi connectivity index (χ4n) is 3.98. The van der Waals surface area contributed by atoms with E-state index in [0.29, 0.717) is 16.3 Å². The molecule has 5 nitrogen and oxygen atoms in total. The number of methoxy groups -OCH3 is 1. The highest BCUT2D eigenvalue weighted by molar-refractivity contribution is 6.30. The Bertz CT molecular complexity index is 1050. The molecule has 6 heteroatoms. The van der Waals surface area contributed by atoms with Gasteiger partial charge in [-0.2, -0.15) is 0 Å². The summed E-state index contributed by atoms with van der Waals surface area (Å²) in [6, 6.07) is 12.3. The van der Waals surface area contributed by atoms with Crippen LogP contribution in [0.1, 0.15) is 40.4 Å². The molecule has 1 aliphatic rings. The molecule has 1 N–H and O–H groups in total. The van der Waals surface area contributed by atoms with Gasteiger partial charge in [0.1, 0.15) is 5.75 Å². The molecule has 1 aromatic heterocycles. The number of benzene rings is 2. The molecule has 0 aliphatic heterocycles. The Morgan fingerprint density at radius 2 is 1.96 bits per heavy atom. The summed E-state index contributed by atoms with van der Waals surface area (Å²) in [4.78, 5) is 24.7. The average Bonchev–Trinajstić information content (AvgIpc) is 3.19. The molecule has 1 atom stereocenters. The Morgan fingerprint density at radius 1 is 1.22 bits per heavy atom. The quantitative estimate of drug-likeness (QED) is 0.720. The second kappa shape index (κ2) is 6.74. The molecule has 3 aromatic rings. The maximum Gasteiger partial charge on any atom is 0.304 e. The predicted octanol–water partition coefficient (Wildman–Crippen LogP) is 4.50. The molecule has 138 valence electrons. The smallest absolute Gasteiger partial charge is 0.304 e. The summed E-state index contributed by atoms with van der Waals surface area (Å²) < 4.78 is 7.01. The molecule has 4 rings (SSSR count). The molecule has 1 aliphatic carbocycles. The summed E-state index contributed by atoms with van der Waals surface area (Å²) in [5.74, 6) is -0.517. The van der Waals surface area contributed by atoms with Crippen molar-refractivity contribution in [1.29, 1.82) is 0 Å². The first-order valence-electron chi connectivity index (χ1n) is 8.73. The molecule has 0 saturated carbocycles. The number of aliphatic carboxylic acids is 1. The average molecular weight is 384 g/mol. The number of hydrogen-bond donors (Lipinski definition) is 1. The van der Waals surface area contributed by atoms with Gasteiger partial charge in [-0.3, -0.25) is 14.2 Å². The van der Waals surface area contributed by atoms with E-state index >= 15 is 0 Å². The van der Waals surface area contributed by atoms with Crippen LogP contribution in [0, 0.1) is 0 Å². The third-order valence-corrected chi connectivity index (χ3v) is 5.42. The van der Waals surface area contributed by atoms with E-state index in [1.165, 1.54) is 0 Å². The molecule has 1 unspecified atom stereocenters. The summed E-state index contributed by atoms with van der Waals surface area (Å²) >= 11 is 5.95. The third kappa shape index (κ3) is 2.98. The van der Waals surface area contributed by atoms with Crippen molar-refractivity contribution in [2.45, 2.75) is 25.2 Å². The van der Waals surface area contributed by atoms with Gasteiger partial charge in [-0.25, -0.2) is 0 Å². The van der Waals surface area contributed by atoms with Crippen LogP contribution in [-0.4, -0.2) is 28.7 Å². The first-order chi connectivity index (χ1) is 13.0. The highest BCUT2D eigenvalue weighted by atomic mass is 35.5.